The Morgan fingerprint density at radius 3 is 2.48 bits per heavy atom. The molecule has 2 amide bonds. The number of fused-ring (bicyclic) bond motifs is 1. The smallest absolute Gasteiger partial charge is 0.320 e. The van der Waals surface area contributed by atoms with Gasteiger partial charge < -0.3 is 29.2 Å². The summed E-state index contributed by atoms with van der Waals surface area (Å²) in [5.74, 6) is 1.55. The van der Waals surface area contributed by atoms with Gasteiger partial charge >= 0.3 is 6.03 Å². The third-order valence-electron chi connectivity index (χ3n) is 10.1. The normalized spacial score (nSPS) is 19.6. The number of benzene rings is 2. The highest BCUT2D eigenvalue weighted by molar-refractivity contribution is 6.32. The number of amides is 2. The molecule has 0 saturated carbocycles. The number of rotatable bonds is 11. The van der Waals surface area contributed by atoms with E-state index in [0.29, 0.717) is 54.1 Å². The molecule has 7 rings (SSSR count). The van der Waals surface area contributed by atoms with Crippen LogP contribution in [0.25, 0.3) is 5.69 Å². The molecule has 2 aromatic heterocycles. The molecule has 2 aliphatic heterocycles. The van der Waals surface area contributed by atoms with Crippen LogP contribution in [0.15, 0.2) is 66.9 Å². The molecule has 300 valence electrons. The maximum absolute atomic E-state index is 13.6. The van der Waals surface area contributed by atoms with Crippen molar-refractivity contribution < 1.29 is 23.7 Å². The van der Waals surface area contributed by atoms with E-state index < -0.39 is 0 Å². The second-order valence-corrected chi connectivity index (χ2v) is 15.9. The van der Waals surface area contributed by atoms with E-state index in [1.807, 2.05) is 36.4 Å². The van der Waals surface area contributed by atoms with Crippen LogP contribution in [-0.2, 0) is 14.9 Å². The van der Waals surface area contributed by atoms with Crippen molar-refractivity contribution in [1.29, 1.82) is 10.8 Å². The molecule has 0 spiro atoms. The molecule has 4 N–H and O–H groups in total. The van der Waals surface area contributed by atoms with E-state index in [4.69, 9.17) is 46.5 Å². The van der Waals surface area contributed by atoms with Gasteiger partial charge in [-0.15, -0.1) is 0 Å². The minimum absolute atomic E-state index is 0.193. The first-order valence-corrected chi connectivity index (χ1v) is 19.9. The van der Waals surface area contributed by atoms with E-state index in [9.17, 15) is 4.79 Å². The largest absolute Gasteiger partial charge is 0.490 e. The summed E-state index contributed by atoms with van der Waals surface area (Å²) in [5, 5.41) is 27.0. The van der Waals surface area contributed by atoms with E-state index >= 15 is 0 Å². The number of carbonyl (C=O) groups is 1. The van der Waals surface area contributed by atoms with Crippen molar-refractivity contribution in [1.82, 2.24) is 24.6 Å². The zero-order valence-electron chi connectivity index (χ0n) is 32.9. The van der Waals surface area contributed by atoms with E-state index in [2.05, 4.69) is 43.4 Å². The number of nitrogens with one attached hydrogen (secondary N) is 4. The third kappa shape index (κ3) is 10.8. The van der Waals surface area contributed by atoms with Gasteiger partial charge in [0.25, 0.3) is 0 Å². The summed E-state index contributed by atoms with van der Waals surface area (Å²) in [4.78, 5) is 16.0. The van der Waals surface area contributed by atoms with Crippen molar-refractivity contribution in [3.63, 3.8) is 0 Å². The highest BCUT2D eigenvalue weighted by Gasteiger charge is 2.30. The number of halogens is 1. The highest BCUT2D eigenvalue weighted by Crippen LogP contribution is 2.39. The van der Waals surface area contributed by atoms with Gasteiger partial charge in [-0.05, 0) is 100 Å². The predicted octanol–water partition coefficient (Wildman–Crippen LogP) is 7.97. The number of likely N-dealkylation sites (tertiary alicyclic amines) is 1. The van der Waals surface area contributed by atoms with E-state index in [1.165, 1.54) is 30.5 Å². The highest BCUT2D eigenvalue weighted by atomic mass is 35.5. The molecule has 56 heavy (non-hydrogen) atoms. The maximum atomic E-state index is 13.6. The first-order valence-electron chi connectivity index (χ1n) is 19.5. The summed E-state index contributed by atoms with van der Waals surface area (Å²) in [6.45, 7) is 10.2. The van der Waals surface area contributed by atoms with Crippen molar-refractivity contribution in [2.75, 3.05) is 45.3 Å². The minimum atomic E-state index is -0.364. The Balaban J connectivity index is 0.000000809. The standard InChI is InChI=1S/C37H44ClN7O5.C5H11N/c1-37(2,3)32-21-34(45(43-32)24-11-13-28(38)31(20-24)47-18-19-49-35-10-6-7-17-48-35)42-36(46)41-29-14-15-30(27-9-5-4-8-26(27)29)50-25-12-16-33(40)44(22-25)23-39;1-6-4-2-3-5-6/h4-5,8-9,11-13,16,20-23,29-30,35,39-40H,6-7,10,14-15,17-19H2,1-3H3,(H2,41,42,46);2-5H2,1H3/t29-,30+,35?;/m0./s1. The van der Waals surface area contributed by atoms with Crippen LogP contribution in [0.5, 0.6) is 11.5 Å². The molecule has 14 heteroatoms. The molecule has 1 unspecified atom stereocenters. The monoisotopic (exact) mass is 786 g/mol. The molecule has 4 heterocycles. The number of nitrogens with zero attached hydrogens (tertiary/aromatic N) is 4. The van der Waals surface area contributed by atoms with Gasteiger partial charge in [0.05, 0.1) is 41.6 Å². The quantitative estimate of drug-likeness (QED) is 0.0684. The van der Waals surface area contributed by atoms with E-state index in [1.54, 1.807) is 35.1 Å². The molecule has 2 saturated heterocycles. The zero-order valence-corrected chi connectivity index (χ0v) is 33.6. The Hall–Kier alpha value is -4.69. The molecular weight excluding hydrogens is 732 g/mol. The van der Waals surface area contributed by atoms with Gasteiger partial charge in [-0.1, -0.05) is 56.6 Å². The summed E-state index contributed by atoms with van der Waals surface area (Å²) < 4.78 is 26.8. The fourth-order valence-corrected chi connectivity index (χ4v) is 7.16. The molecule has 3 aliphatic rings. The van der Waals surface area contributed by atoms with Crippen LogP contribution in [0, 0.1) is 10.8 Å². The molecule has 3 atom stereocenters. The average Bonchev–Trinajstić information content (AvgIpc) is 3.86. The number of aromatic nitrogens is 3. The van der Waals surface area contributed by atoms with Gasteiger partial charge in [0, 0.05) is 24.2 Å². The lowest BCUT2D eigenvalue weighted by molar-refractivity contribution is -0.165. The summed E-state index contributed by atoms with van der Waals surface area (Å²) in [7, 11) is 2.17. The average molecular weight is 787 g/mol. The Kier molecular flexibility index (Phi) is 13.9. The molecule has 0 bridgehead atoms. The van der Waals surface area contributed by atoms with Crippen LogP contribution >= 0.6 is 11.6 Å². The molecule has 2 aromatic carbocycles. The number of carbonyl (C=O) groups excluding carboxylic acids is 1. The van der Waals surface area contributed by atoms with Crippen LogP contribution in [0.2, 0.25) is 5.02 Å². The number of pyridine rings is 1. The predicted molar refractivity (Wildman–Crippen MR) is 217 cm³/mol. The number of hydrogen-bond donors (Lipinski definition) is 4. The Morgan fingerprint density at radius 2 is 1.79 bits per heavy atom. The summed E-state index contributed by atoms with van der Waals surface area (Å²) >= 11 is 6.51. The van der Waals surface area contributed by atoms with E-state index in [0.717, 1.165) is 49.0 Å². The minimum Gasteiger partial charge on any atom is -0.490 e. The molecule has 1 aliphatic carbocycles. The lowest BCUT2D eigenvalue weighted by Crippen LogP contribution is -2.36. The van der Waals surface area contributed by atoms with Crippen molar-refractivity contribution in [3.8, 4) is 17.2 Å². The van der Waals surface area contributed by atoms with Gasteiger partial charge in [0.1, 0.15) is 35.5 Å². The second-order valence-electron chi connectivity index (χ2n) is 15.5. The van der Waals surface area contributed by atoms with Crippen molar-refractivity contribution >= 4 is 29.8 Å². The number of anilines is 1. The van der Waals surface area contributed by atoms with Crippen LogP contribution in [0.1, 0.15) is 94.7 Å². The van der Waals surface area contributed by atoms with Gasteiger partial charge in [-0.2, -0.15) is 5.10 Å². The Labute approximate surface area is 334 Å². The summed E-state index contributed by atoms with van der Waals surface area (Å²) in [6.07, 6.45) is 9.43. The van der Waals surface area contributed by atoms with Crippen molar-refractivity contribution in [2.45, 2.75) is 89.6 Å². The van der Waals surface area contributed by atoms with Gasteiger partial charge in [-0.3, -0.25) is 20.7 Å². The Bertz CT molecular complexity index is 2000. The van der Waals surface area contributed by atoms with E-state index in [-0.39, 0.29) is 35.4 Å². The third-order valence-corrected chi connectivity index (χ3v) is 10.4. The topological polar surface area (TPSA) is 152 Å². The first-order chi connectivity index (χ1) is 27.0. The number of ether oxygens (including phenoxy) is 4. The lowest BCUT2D eigenvalue weighted by atomic mass is 9.85. The molecule has 13 nitrogen and oxygen atoms in total. The molecule has 2 fully saturated rings. The first kappa shape index (κ1) is 41.0. The fourth-order valence-electron chi connectivity index (χ4n) is 6.99. The lowest BCUT2D eigenvalue weighted by Gasteiger charge is -2.32. The van der Waals surface area contributed by atoms with Crippen LogP contribution < -0.4 is 25.6 Å². The number of hydrogen-bond acceptors (Lipinski definition) is 9. The van der Waals surface area contributed by atoms with Crippen molar-refractivity contribution in [2.24, 2.45) is 0 Å². The Morgan fingerprint density at radius 1 is 1.00 bits per heavy atom. The second kappa shape index (κ2) is 19.0. The zero-order chi connectivity index (χ0) is 39.7. The van der Waals surface area contributed by atoms with Gasteiger partial charge in [0.15, 0.2) is 6.29 Å². The van der Waals surface area contributed by atoms with Gasteiger partial charge in [0.2, 0.25) is 0 Å². The SMILES string of the molecule is CC(C)(C)c1cc(NC(=O)N[C@H]2CC[C@@H](Oc3ccc(=N)n(C=N)c3)c3ccccc32)n(-c2ccc(Cl)c(OCCOC3CCCCO3)c2)n1.CN1CCCC1. The fraction of sp³-hybridized carbons (Fsp3) is 0.476. The molecule has 0 radical (unpaired) electrons. The van der Waals surface area contributed by atoms with Crippen LogP contribution in [0.4, 0.5) is 10.6 Å². The summed E-state index contributed by atoms with van der Waals surface area (Å²) in [5.41, 5.74) is 3.34. The van der Waals surface area contributed by atoms with Gasteiger partial charge in [-0.25, -0.2) is 9.48 Å². The van der Waals surface area contributed by atoms with Crippen molar-refractivity contribution in [3.05, 3.63) is 94.2 Å². The number of urea groups is 1. The molecular formula is C42H55ClN8O5. The summed E-state index contributed by atoms with van der Waals surface area (Å²) in [6, 6.07) is 17.9. The van der Waals surface area contributed by atoms with Crippen LogP contribution in [-0.4, -0.2) is 77.9 Å². The maximum Gasteiger partial charge on any atom is 0.320 e. The molecule has 4 aromatic rings. The van der Waals surface area contributed by atoms with Crippen LogP contribution in [0.3, 0.4) is 0 Å².